The second-order valence-corrected chi connectivity index (χ2v) is 6.94. The van der Waals surface area contributed by atoms with Gasteiger partial charge in [0.05, 0.1) is 15.1 Å². The molecule has 0 saturated heterocycles. The number of hydrogen-bond acceptors (Lipinski definition) is 6. The van der Waals surface area contributed by atoms with Crippen molar-refractivity contribution in [3.8, 4) is 11.5 Å². The maximum Gasteiger partial charge on any atom is 0.279 e. The molecule has 0 aliphatic carbocycles. The van der Waals surface area contributed by atoms with Crippen LogP contribution in [0.1, 0.15) is 23.7 Å². The Balaban J connectivity index is 1.82. The van der Waals surface area contributed by atoms with Crippen LogP contribution in [-0.2, 0) is 6.54 Å². The molecule has 0 atom stereocenters. The first-order valence-electron chi connectivity index (χ1n) is 8.33. The number of hydrogen-bond donors (Lipinski definition) is 0. The molecule has 1 aliphatic heterocycles. The van der Waals surface area contributed by atoms with Crippen LogP contribution in [0.2, 0.25) is 0 Å². The first kappa shape index (κ1) is 17.2. The van der Waals surface area contributed by atoms with E-state index in [1.807, 2.05) is 23.6 Å². The van der Waals surface area contributed by atoms with Crippen LogP contribution >= 0.6 is 11.3 Å². The molecule has 0 bridgehead atoms. The summed E-state index contributed by atoms with van der Waals surface area (Å²) in [6, 6.07) is 9.35. The average molecular weight is 385 g/mol. The van der Waals surface area contributed by atoms with Gasteiger partial charge in [-0.3, -0.25) is 14.9 Å². The number of ether oxygens (including phenoxy) is 2. The first-order chi connectivity index (χ1) is 13.1. The molecule has 0 N–H and O–H groups in total. The van der Waals surface area contributed by atoms with Gasteiger partial charge >= 0.3 is 0 Å². The summed E-state index contributed by atoms with van der Waals surface area (Å²) in [6.45, 7) is 2.92. The number of nitrogens with zero attached hydrogens (tertiary/aromatic N) is 3. The van der Waals surface area contributed by atoms with Crippen LogP contribution in [0.5, 0.6) is 11.5 Å². The van der Waals surface area contributed by atoms with Gasteiger partial charge in [0, 0.05) is 36.4 Å². The lowest BCUT2D eigenvalue weighted by molar-refractivity contribution is -0.384. The van der Waals surface area contributed by atoms with Crippen LogP contribution in [0.15, 0.2) is 41.4 Å². The second-order valence-electron chi connectivity index (χ2n) is 5.93. The van der Waals surface area contributed by atoms with Crippen LogP contribution in [0.4, 0.5) is 5.69 Å². The van der Waals surface area contributed by atoms with Gasteiger partial charge < -0.3 is 14.0 Å². The van der Waals surface area contributed by atoms with Crippen molar-refractivity contribution in [2.24, 2.45) is 4.99 Å². The zero-order valence-corrected chi connectivity index (χ0v) is 15.2. The summed E-state index contributed by atoms with van der Waals surface area (Å²) in [5, 5.41) is 10.9. The largest absolute Gasteiger partial charge is 0.454 e. The monoisotopic (exact) mass is 385 g/mol. The van der Waals surface area contributed by atoms with E-state index in [1.54, 1.807) is 0 Å². The van der Waals surface area contributed by atoms with Crippen molar-refractivity contribution in [3.05, 3.63) is 56.9 Å². The summed E-state index contributed by atoms with van der Waals surface area (Å²) in [7, 11) is 0. The maximum atomic E-state index is 12.6. The Kier molecular flexibility index (Phi) is 4.36. The third-order valence-corrected chi connectivity index (χ3v) is 5.17. The third kappa shape index (κ3) is 3.17. The van der Waals surface area contributed by atoms with E-state index in [0.717, 1.165) is 16.6 Å². The number of nitro benzene ring substituents is 1. The van der Waals surface area contributed by atoms with Gasteiger partial charge in [-0.1, -0.05) is 24.3 Å². The molecule has 8 nitrogen and oxygen atoms in total. The molecule has 4 rings (SSSR count). The fourth-order valence-corrected chi connectivity index (χ4v) is 3.95. The molecule has 0 saturated carbocycles. The van der Waals surface area contributed by atoms with Gasteiger partial charge in [-0.25, -0.2) is 0 Å². The molecule has 1 aromatic heterocycles. The Hall–Kier alpha value is -3.20. The van der Waals surface area contributed by atoms with Crippen LogP contribution in [0.25, 0.3) is 10.2 Å². The van der Waals surface area contributed by atoms with Gasteiger partial charge in [0.25, 0.3) is 11.6 Å². The predicted molar refractivity (Wildman–Crippen MR) is 99.2 cm³/mol. The van der Waals surface area contributed by atoms with E-state index < -0.39 is 10.8 Å². The van der Waals surface area contributed by atoms with Crippen LogP contribution in [-0.4, -0.2) is 22.2 Å². The molecular formula is C18H15N3O5S. The number of carbonyl (C=O) groups is 1. The predicted octanol–water partition coefficient (Wildman–Crippen LogP) is 3.49. The minimum atomic E-state index is -0.533. The Bertz CT molecular complexity index is 1130. The minimum Gasteiger partial charge on any atom is -0.454 e. The van der Waals surface area contributed by atoms with Gasteiger partial charge in [-0.15, -0.1) is 0 Å². The summed E-state index contributed by atoms with van der Waals surface area (Å²) in [6.07, 6.45) is 0.860. The van der Waals surface area contributed by atoms with Crippen molar-refractivity contribution >= 4 is 33.1 Å². The molecule has 2 aromatic carbocycles. The molecule has 0 fully saturated rings. The summed E-state index contributed by atoms with van der Waals surface area (Å²) in [4.78, 5) is 27.7. The van der Waals surface area contributed by atoms with Crippen LogP contribution in [0.3, 0.4) is 0 Å². The smallest absolute Gasteiger partial charge is 0.279 e. The lowest BCUT2D eigenvalue weighted by Crippen LogP contribution is -2.16. The van der Waals surface area contributed by atoms with Gasteiger partial charge in [-0.05, 0) is 12.5 Å². The topological polar surface area (TPSA) is 96.0 Å². The zero-order chi connectivity index (χ0) is 19.0. The van der Waals surface area contributed by atoms with Crippen molar-refractivity contribution in [2.45, 2.75) is 19.9 Å². The Morgan fingerprint density at radius 2 is 2.07 bits per heavy atom. The van der Waals surface area contributed by atoms with Crippen molar-refractivity contribution in [1.29, 1.82) is 0 Å². The van der Waals surface area contributed by atoms with E-state index in [0.29, 0.717) is 22.8 Å². The number of rotatable bonds is 4. The fraction of sp³-hybridized carbons (Fsp3) is 0.222. The quantitative estimate of drug-likeness (QED) is 0.506. The number of non-ortho nitro benzene ring substituents is 1. The van der Waals surface area contributed by atoms with E-state index in [1.165, 1.54) is 35.6 Å². The molecule has 3 aromatic rings. The zero-order valence-electron chi connectivity index (χ0n) is 14.4. The molecule has 0 radical (unpaired) electrons. The van der Waals surface area contributed by atoms with Crippen molar-refractivity contribution in [3.63, 3.8) is 0 Å². The van der Waals surface area contributed by atoms with E-state index in [4.69, 9.17) is 9.47 Å². The third-order valence-electron chi connectivity index (χ3n) is 4.13. The highest BCUT2D eigenvalue weighted by Crippen LogP contribution is 2.37. The van der Waals surface area contributed by atoms with E-state index in [9.17, 15) is 14.9 Å². The summed E-state index contributed by atoms with van der Waals surface area (Å²) in [5.41, 5.74) is 0.954. The molecule has 138 valence electrons. The van der Waals surface area contributed by atoms with E-state index in [2.05, 4.69) is 4.99 Å². The highest BCUT2D eigenvalue weighted by Gasteiger charge is 2.18. The number of aryl methyl sites for hydroxylation is 1. The van der Waals surface area contributed by atoms with Gasteiger partial charge in [0.15, 0.2) is 16.3 Å². The Morgan fingerprint density at radius 1 is 1.30 bits per heavy atom. The number of aromatic nitrogens is 1. The summed E-state index contributed by atoms with van der Waals surface area (Å²) >= 11 is 1.37. The molecule has 27 heavy (non-hydrogen) atoms. The number of carbonyl (C=O) groups excluding carboxylic acids is 1. The standard InChI is InChI=1S/C18H15N3O5S/c1-2-6-20-13-8-14-15(26-10-25-14)9-16(13)27-18(20)19-17(22)11-4-3-5-12(7-11)21(23)24/h3-5,7-9H,2,6,10H2,1H3. The van der Waals surface area contributed by atoms with Gasteiger partial charge in [0.2, 0.25) is 6.79 Å². The van der Waals surface area contributed by atoms with Gasteiger partial charge in [-0.2, -0.15) is 4.99 Å². The lowest BCUT2D eigenvalue weighted by atomic mass is 10.2. The van der Waals surface area contributed by atoms with Crippen molar-refractivity contribution in [2.75, 3.05) is 6.79 Å². The Morgan fingerprint density at radius 3 is 2.81 bits per heavy atom. The lowest BCUT2D eigenvalue weighted by Gasteiger charge is -2.03. The van der Waals surface area contributed by atoms with E-state index in [-0.39, 0.29) is 18.0 Å². The highest BCUT2D eigenvalue weighted by atomic mass is 32.1. The summed E-state index contributed by atoms with van der Waals surface area (Å²) in [5.74, 6) is 0.820. The van der Waals surface area contributed by atoms with Gasteiger partial charge in [0.1, 0.15) is 0 Å². The molecular weight excluding hydrogens is 370 g/mol. The normalized spacial score (nSPS) is 13.3. The molecule has 0 unspecified atom stereocenters. The summed E-state index contributed by atoms with van der Waals surface area (Å²) < 4.78 is 13.7. The van der Waals surface area contributed by atoms with Crippen molar-refractivity contribution < 1.29 is 19.2 Å². The number of amides is 1. The van der Waals surface area contributed by atoms with Crippen LogP contribution in [0, 0.1) is 10.1 Å². The minimum absolute atomic E-state index is 0.139. The SMILES string of the molecule is CCCn1c(=NC(=O)c2cccc([N+](=O)[O-])c2)sc2cc3c(cc21)OCO3. The molecule has 2 heterocycles. The number of thiazole rings is 1. The molecule has 1 amide bonds. The van der Waals surface area contributed by atoms with E-state index >= 15 is 0 Å². The number of nitro groups is 1. The average Bonchev–Trinajstić information content (AvgIpc) is 3.24. The first-order valence-corrected chi connectivity index (χ1v) is 9.15. The number of benzene rings is 2. The molecule has 1 aliphatic rings. The Labute approximate surface area is 157 Å². The highest BCUT2D eigenvalue weighted by molar-refractivity contribution is 7.16. The number of fused-ring (bicyclic) bond motifs is 2. The fourth-order valence-electron chi connectivity index (χ4n) is 2.89. The maximum absolute atomic E-state index is 12.6. The van der Waals surface area contributed by atoms with Crippen molar-refractivity contribution in [1.82, 2.24) is 4.57 Å². The second kappa shape index (κ2) is 6.84. The molecule has 0 spiro atoms. The van der Waals surface area contributed by atoms with Crippen LogP contribution < -0.4 is 14.3 Å². The molecule has 9 heteroatoms.